The van der Waals surface area contributed by atoms with E-state index >= 15 is 0 Å². The average molecular weight is 477 g/mol. The number of nitrogens with one attached hydrogen (secondary N) is 1. The van der Waals surface area contributed by atoms with Gasteiger partial charge >= 0.3 is 0 Å². The Morgan fingerprint density at radius 1 is 0.765 bits per heavy atom. The van der Waals surface area contributed by atoms with Crippen molar-refractivity contribution in [3.05, 3.63) is 64.7 Å². The normalized spacial score (nSPS) is 18.9. The first-order valence-corrected chi connectivity index (χ1v) is 15.1. The van der Waals surface area contributed by atoms with Crippen LogP contribution in [0.1, 0.15) is 107 Å². The van der Waals surface area contributed by atoms with Crippen molar-refractivity contribution < 1.29 is 0 Å². The van der Waals surface area contributed by atoms with Crippen LogP contribution in [-0.4, -0.2) is 17.2 Å². The lowest BCUT2D eigenvalue weighted by Crippen LogP contribution is -2.32. The standard InChI is InChI=1S/C31H45N2P/c1-23-13-12-14-24(2)29(23)32-30(25-19-21-26(22-20-25)31(3,4)5)33-34(27-15-8-6-9-16-27)28-17-10-7-11-18-28/h12-14,19-22,27-28H,6-11,15-18H2,1-5H3,(H,32,33). The Morgan fingerprint density at radius 3 is 1.74 bits per heavy atom. The van der Waals surface area contributed by atoms with Gasteiger partial charge in [-0.05, 0) is 81.0 Å². The van der Waals surface area contributed by atoms with Crippen molar-refractivity contribution in [3.8, 4) is 0 Å². The van der Waals surface area contributed by atoms with Gasteiger partial charge in [0.25, 0.3) is 0 Å². The summed E-state index contributed by atoms with van der Waals surface area (Å²) < 4.78 is 0. The summed E-state index contributed by atoms with van der Waals surface area (Å²) in [4.78, 5) is 5.37. The lowest BCUT2D eigenvalue weighted by Gasteiger charge is -2.39. The van der Waals surface area contributed by atoms with Crippen molar-refractivity contribution in [2.24, 2.45) is 4.99 Å². The van der Waals surface area contributed by atoms with Crippen molar-refractivity contribution in [3.63, 3.8) is 0 Å². The van der Waals surface area contributed by atoms with E-state index in [1.165, 1.54) is 86.5 Å². The number of benzene rings is 2. The van der Waals surface area contributed by atoms with Crippen molar-refractivity contribution >= 4 is 19.6 Å². The molecule has 0 bridgehead atoms. The minimum Gasteiger partial charge on any atom is -0.348 e. The molecule has 2 aromatic rings. The molecule has 2 aliphatic rings. The predicted octanol–water partition coefficient (Wildman–Crippen LogP) is 9.33. The largest absolute Gasteiger partial charge is 0.348 e. The monoisotopic (exact) mass is 476 g/mol. The van der Waals surface area contributed by atoms with Gasteiger partial charge in [0.05, 0.1) is 5.69 Å². The molecule has 1 N–H and O–H groups in total. The van der Waals surface area contributed by atoms with Crippen molar-refractivity contribution in [2.75, 3.05) is 0 Å². The second-order valence-corrected chi connectivity index (χ2v) is 14.1. The Hall–Kier alpha value is -1.66. The fourth-order valence-corrected chi connectivity index (χ4v) is 8.93. The first-order valence-electron chi connectivity index (χ1n) is 13.6. The van der Waals surface area contributed by atoms with Crippen LogP contribution < -0.4 is 5.09 Å². The van der Waals surface area contributed by atoms with Crippen LogP contribution in [0.3, 0.4) is 0 Å². The molecule has 0 saturated heterocycles. The van der Waals surface area contributed by atoms with Crippen LogP contribution in [0.25, 0.3) is 0 Å². The zero-order valence-electron chi connectivity index (χ0n) is 22.2. The molecule has 0 amide bonds. The van der Waals surface area contributed by atoms with E-state index < -0.39 is 0 Å². The highest BCUT2D eigenvalue weighted by Gasteiger charge is 2.32. The van der Waals surface area contributed by atoms with Gasteiger partial charge in [0, 0.05) is 5.56 Å². The highest BCUT2D eigenvalue weighted by atomic mass is 31.1. The maximum atomic E-state index is 5.37. The summed E-state index contributed by atoms with van der Waals surface area (Å²) in [7, 11) is -0.286. The number of para-hydroxylation sites is 1. The van der Waals surface area contributed by atoms with Gasteiger partial charge in [-0.25, -0.2) is 4.99 Å². The summed E-state index contributed by atoms with van der Waals surface area (Å²) >= 11 is 0. The van der Waals surface area contributed by atoms with Crippen molar-refractivity contribution in [1.29, 1.82) is 0 Å². The average Bonchev–Trinajstić information content (AvgIpc) is 2.84. The Bertz CT molecular complexity index is 920. The Labute approximate surface area is 209 Å². The lowest BCUT2D eigenvalue weighted by atomic mass is 9.86. The van der Waals surface area contributed by atoms with E-state index in [4.69, 9.17) is 4.99 Å². The summed E-state index contributed by atoms with van der Waals surface area (Å²) in [5.74, 6) is 1.10. The molecule has 184 valence electrons. The van der Waals surface area contributed by atoms with Gasteiger partial charge in [0.2, 0.25) is 0 Å². The van der Waals surface area contributed by atoms with Crippen LogP contribution >= 0.6 is 8.07 Å². The maximum absolute atomic E-state index is 5.37. The van der Waals surface area contributed by atoms with Gasteiger partial charge in [0.1, 0.15) is 5.84 Å². The quantitative estimate of drug-likeness (QED) is 0.259. The third-order valence-electron chi connectivity index (χ3n) is 7.86. The molecule has 0 atom stereocenters. The number of nitrogens with zero attached hydrogens (tertiary/aromatic N) is 1. The third-order valence-corrected chi connectivity index (χ3v) is 10.9. The number of aliphatic imine (C=N–C) groups is 1. The maximum Gasteiger partial charge on any atom is 0.137 e. The van der Waals surface area contributed by atoms with Crippen molar-refractivity contribution in [2.45, 2.75) is 116 Å². The van der Waals surface area contributed by atoms with Crippen molar-refractivity contribution in [1.82, 2.24) is 5.09 Å². The van der Waals surface area contributed by atoms with E-state index in [1.807, 2.05) is 0 Å². The molecule has 2 saturated carbocycles. The molecule has 0 aromatic heterocycles. The van der Waals surface area contributed by atoms with E-state index in [9.17, 15) is 0 Å². The number of hydrogen-bond acceptors (Lipinski definition) is 1. The molecule has 4 rings (SSSR count). The van der Waals surface area contributed by atoms with Crippen LogP contribution in [0.5, 0.6) is 0 Å². The zero-order valence-corrected chi connectivity index (χ0v) is 23.1. The van der Waals surface area contributed by atoms with E-state index in [0.29, 0.717) is 0 Å². The highest BCUT2D eigenvalue weighted by molar-refractivity contribution is 7.57. The molecular formula is C31H45N2P. The topological polar surface area (TPSA) is 24.4 Å². The van der Waals surface area contributed by atoms with Crippen LogP contribution in [0.2, 0.25) is 0 Å². The lowest BCUT2D eigenvalue weighted by molar-refractivity contribution is 0.483. The van der Waals surface area contributed by atoms with E-state index in [1.54, 1.807) is 0 Å². The molecule has 0 aliphatic heterocycles. The zero-order chi connectivity index (χ0) is 24.1. The van der Waals surface area contributed by atoms with Crippen LogP contribution in [0.4, 0.5) is 5.69 Å². The molecule has 2 aromatic carbocycles. The number of hydrogen-bond donors (Lipinski definition) is 1. The number of aryl methyl sites for hydroxylation is 2. The Balaban J connectivity index is 1.73. The predicted molar refractivity (Wildman–Crippen MR) is 151 cm³/mol. The molecule has 2 nitrogen and oxygen atoms in total. The number of rotatable bonds is 5. The summed E-state index contributed by atoms with van der Waals surface area (Å²) in [5, 5.41) is 4.19. The van der Waals surface area contributed by atoms with Gasteiger partial charge in [-0.2, -0.15) is 0 Å². The smallest absolute Gasteiger partial charge is 0.137 e. The first-order chi connectivity index (χ1) is 16.3. The summed E-state index contributed by atoms with van der Waals surface area (Å²) in [6, 6.07) is 15.7. The molecule has 2 aliphatic carbocycles. The molecule has 0 unspecified atom stereocenters. The fraction of sp³-hybridized carbons (Fsp3) is 0.581. The van der Waals surface area contributed by atoms with Gasteiger partial charge in [-0.15, -0.1) is 0 Å². The summed E-state index contributed by atoms with van der Waals surface area (Å²) in [6.07, 6.45) is 14.0. The van der Waals surface area contributed by atoms with E-state index in [2.05, 4.69) is 82.2 Å². The minimum atomic E-state index is -0.286. The highest BCUT2D eigenvalue weighted by Crippen LogP contribution is 2.53. The molecule has 0 heterocycles. The van der Waals surface area contributed by atoms with Gasteiger partial charge < -0.3 is 5.09 Å². The summed E-state index contributed by atoms with van der Waals surface area (Å²) in [5.41, 5.74) is 8.09. The molecule has 0 radical (unpaired) electrons. The molecule has 0 spiro atoms. The fourth-order valence-electron chi connectivity index (χ4n) is 5.70. The molecular weight excluding hydrogens is 431 g/mol. The second-order valence-electron chi connectivity index (χ2n) is 11.6. The van der Waals surface area contributed by atoms with E-state index in [0.717, 1.165) is 22.8 Å². The Morgan fingerprint density at radius 2 is 1.26 bits per heavy atom. The summed E-state index contributed by atoms with van der Waals surface area (Å²) in [6.45, 7) is 11.3. The molecule has 2 fully saturated rings. The van der Waals surface area contributed by atoms with E-state index in [-0.39, 0.29) is 13.5 Å². The third kappa shape index (κ3) is 6.31. The molecule has 3 heteroatoms. The van der Waals surface area contributed by atoms with Crippen LogP contribution in [-0.2, 0) is 5.41 Å². The van der Waals surface area contributed by atoms with Crippen LogP contribution in [0.15, 0.2) is 47.5 Å². The Kier molecular flexibility index (Phi) is 8.52. The van der Waals surface area contributed by atoms with Gasteiger partial charge in [0.15, 0.2) is 0 Å². The first kappa shape index (κ1) is 25.4. The minimum absolute atomic E-state index is 0.159. The van der Waals surface area contributed by atoms with Gasteiger partial charge in [-0.1, -0.05) is 102 Å². The SMILES string of the molecule is Cc1cccc(C)c1N=C(NP(C1CCCCC1)C1CCCCC1)c1ccc(C(C)(C)C)cc1. The van der Waals surface area contributed by atoms with Gasteiger partial charge in [-0.3, -0.25) is 0 Å². The number of amidine groups is 1. The second kappa shape index (κ2) is 11.4. The van der Waals surface area contributed by atoms with Crippen LogP contribution in [0, 0.1) is 13.8 Å². The molecule has 34 heavy (non-hydrogen) atoms.